The molecule has 2 aromatic carbocycles. The molecule has 2 aromatic rings. The lowest BCUT2D eigenvalue weighted by molar-refractivity contribution is -0.143. The van der Waals surface area contributed by atoms with Crippen LogP contribution in [0.15, 0.2) is 53.4 Å². The molecule has 0 radical (unpaired) electrons. The molecule has 0 fully saturated rings. The summed E-state index contributed by atoms with van der Waals surface area (Å²) in [5.41, 5.74) is 0.586. The van der Waals surface area contributed by atoms with Crippen LogP contribution in [0.2, 0.25) is 5.02 Å². The molecule has 0 saturated heterocycles. The van der Waals surface area contributed by atoms with Gasteiger partial charge in [0.2, 0.25) is 10.0 Å². The summed E-state index contributed by atoms with van der Waals surface area (Å²) < 4.78 is 38.1. The average molecular weight is 398 g/mol. The number of methoxy groups -OCH3 is 1. The van der Waals surface area contributed by atoms with Gasteiger partial charge in [0.15, 0.2) is 0 Å². The van der Waals surface area contributed by atoms with Crippen molar-refractivity contribution in [3.63, 3.8) is 0 Å². The van der Waals surface area contributed by atoms with E-state index in [1.54, 1.807) is 43.3 Å². The van der Waals surface area contributed by atoms with Crippen LogP contribution in [0.3, 0.4) is 0 Å². The Bertz CT molecular complexity index is 869. The standard InChI is InChI=1S/C18H20ClNO5S/c1-3-25-18(21)12-17(13-6-4-8-15(10-13)24-2)20-26(22,23)16-9-5-7-14(19)11-16/h4-11,17,20H,3,12H2,1-2H3. The monoisotopic (exact) mass is 397 g/mol. The van der Waals surface area contributed by atoms with Crippen LogP contribution in [-0.4, -0.2) is 28.1 Å². The van der Waals surface area contributed by atoms with Gasteiger partial charge in [-0.2, -0.15) is 0 Å². The van der Waals surface area contributed by atoms with Crippen molar-refractivity contribution >= 4 is 27.6 Å². The van der Waals surface area contributed by atoms with Crippen LogP contribution in [0.25, 0.3) is 0 Å². The molecule has 6 nitrogen and oxygen atoms in total. The third-order valence-electron chi connectivity index (χ3n) is 3.58. The number of hydrogen-bond donors (Lipinski definition) is 1. The molecule has 1 unspecified atom stereocenters. The van der Waals surface area contributed by atoms with E-state index >= 15 is 0 Å². The highest BCUT2D eigenvalue weighted by Gasteiger charge is 2.25. The first-order chi connectivity index (χ1) is 12.4. The Kier molecular flexibility index (Phi) is 7.02. The number of benzene rings is 2. The zero-order valence-corrected chi connectivity index (χ0v) is 16.0. The third-order valence-corrected chi connectivity index (χ3v) is 5.28. The fraction of sp³-hybridized carbons (Fsp3) is 0.278. The molecule has 8 heteroatoms. The van der Waals surface area contributed by atoms with E-state index in [0.29, 0.717) is 16.3 Å². The molecular weight excluding hydrogens is 378 g/mol. The van der Waals surface area contributed by atoms with Gasteiger partial charge in [0.1, 0.15) is 5.75 Å². The van der Waals surface area contributed by atoms with E-state index in [2.05, 4.69) is 4.72 Å². The van der Waals surface area contributed by atoms with Gasteiger partial charge in [-0.1, -0.05) is 29.8 Å². The third kappa shape index (κ3) is 5.45. The van der Waals surface area contributed by atoms with Crippen molar-refractivity contribution in [3.05, 3.63) is 59.1 Å². The van der Waals surface area contributed by atoms with Crippen LogP contribution < -0.4 is 9.46 Å². The van der Waals surface area contributed by atoms with E-state index < -0.39 is 22.0 Å². The van der Waals surface area contributed by atoms with Gasteiger partial charge >= 0.3 is 5.97 Å². The first kappa shape index (κ1) is 20.2. The highest BCUT2D eigenvalue weighted by Crippen LogP contribution is 2.25. The van der Waals surface area contributed by atoms with Crippen LogP contribution in [-0.2, 0) is 19.6 Å². The molecule has 140 valence electrons. The molecule has 2 rings (SSSR count). The topological polar surface area (TPSA) is 81.7 Å². The maximum Gasteiger partial charge on any atom is 0.307 e. The molecule has 1 atom stereocenters. The molecule has 1 N–H and O–H groups in total. The maximum atomic E-state index is 12.7. The number of carbonyl (C=O) groups excluding carboxylic acids is 1. The van der Waals surface area contributed by atoms with Gasteiger partial charge in [-0.25, -0.2) is 13.1 Å². The lowest BCUT2D eigenvalue weighted by atomic mass is 10.0. The molecular formula is C18H20ClNO5S. The first-order valence-electron chi connectivity index (χ1n) is 7.93. The minimum absolute atomic E-state index is 0.0155. The number of nitrogens with one attached hydrogen (secondary N) is 1. The molecule has 26 heavy (non-hydrogen) atoms. The van der Waals surface area contributed by atoms with E-state index in [1.165, 1.54) is 19.2 Å². The van der Waals surface area contributed by atoms with Crippen LogP contribution >= 0.6 is 11.6 Å². The number of carbonyl (C=O) groups is 1. The Morgan fingerprint density at radius 2 is 1.92 bits per heavy atom. The van der Waals surface area contributed by atoms with E-state index in [9.17, 15) is 13.2 Å². The van der Waals surface area contributed by atoms with Crippen LogP contribution in [0, 0.1) is 0 Å². The lowest BCUT2D eigenvalue weighted by Crippen LogP contribution is -2.30. The summed E-state index contributed by atoms with van der Waals surface area (Å²) in [4.78, 5) is 12.0. The van der Waals surface area contributed by atoms with Gasteiger partial charge < -0.3 is 9.47 Å². The minimum Gasteiger partial charge on any atom is -0.497 e. The molecule has 0 amide bonds. The van der Waals surface area contributed by atoms with Gasteiger partial charge in [-0.05, 0) is 42.8 Å². The lowest BCUT2D eigenvalue weighted by Gasteiger charge is -2.19. The van der Waals surface area contributed by atoms with Crippen LogP contribution in [0.5, 0.6) is 5.75 Å². The summed E-state index contributed by atoms with van der Waals surface area (Å²) in [5, 5.41) is 0.302. The smallest absolute Gasteiger partial charge is 0.307 e. The zero-order chi connectivity index (χ0) is 19.2. The largest absolute Gasteiger partial charge is 0.497 e. The molecule has 0 heterocycles. The SMILES string of the molecule is CCOC(=O)CC(NS(=O)(=O)c1cccc(Cl)c1)c1cccc(OC)c1. The minimum atomic E-state index is -3.89. The Balaban J connectivity index is 2.35. The highest BCUT2D eigenvalue weighted by atomic mass is 35.5. The Labute approximate surface area is 158 Å². The summed E-state index contributed by atoms with van der Waals surface area (Å²) >= 11 is 5.89. The van der Waals surface area contributed by atoms with Gasteiger partial charge in [0, 0.05) is 5.02 Å². The zero-order valence-electron chi connectivity index (χ0n) is 14.4. The molecule has 0 saturated carbocycles. The average Bonchev–Trinajstić information content (AvgIpc) is 2.61. The second-order valence-corrected chi connectivity index (χ2v) is 7.57. The molecule has 0 spiro atoms. The quantitative estimate of drug-likeness (QED) is 0.691. The van der Waals surface area contributed by atoms with Crippen molar-refractivity contribution in [3.8, 4) is 5.75 Å². The normalized spacial score (nSPS) is 12.4. The number of halogens is 1. The van der Waals surface area contributed by atoms with Crippen molar-refractivity contribution in [2.24, 2.45) is 0 Å². The summed E-state index contributed by atoms with van der Waals surface area (Å²) in [6, 6.07) is 11.9. The number of sulfonamides is 1. The van der Waals surface area contributed by atoms with Crippen molar-refractivity contribution in [2.75, 3.05) is 13.7 Å². The second-order valence-electron chi connectivity index (χ2n) is 5.42. The Morgan fingerprint density at radius 3 is 2.58 bits per heavy atom. The number of rotatable bonds is 8. The number of hydrogen-bond acceptors (Lipinski definition) is 5. The summed E-state index contributed by atoms with van der Waals surface area (Å²) in [5.74, 6) is 0.0485. The molecule has 0 aliphatic heterocycles. The molecule has 0 bridgehead atoms. The van der Waals surface area contributed by atoms with Gasteiger partial charge in [-0.15, -0.1) is 0 Å². The second kappa shape index (κ2) is 9.02. The molecule has 0 aromatic heterocycles. The fourth-order valence-electron chi connectivity index (χ4n) is 2.36. The Hall–Kier alpha value is -2.09. The molecule has 0 aliphatic carbocycles. The van der Waals surface area contributed by atoms with Crippen LogP contribution in [0.4, 0.5) is 0 Å². The predicted octanol–water partition coefficient (Wildman–Crippen LogP) is 3.32. The van der Waals surface area contributed by atoms with Crippen molar-refractivity contribution in [2.45, 2.75) is 24.3 Å². The van der Waals surface area contributed by atoms with Gasteiger partial charge in [0.25, 0.3) is 0 Å². The van der Waals surface area contributed by atoms with E-state index in [1.807, 2.05) is 0 Å². The van der Waals surface area contributed by atoms with Crippen molar-refractivity contribution < 1.29 is 22.7 Å². The highest BCUT2D eigenvalue weighted by molar-refractivity contribution is 7.89. The summed E-state index contributed by atoms with van der Waals surface area (Å²) in [7, 11) is -2.38. The predicted molar refractivity (Wildman–Crippen MR) is 98.8 cm³/mol. The van der Waals surface area contributed by atoms with E-state index in [4.69, 9.17) is 21.1 Å². The van der Waals surface area contributed by atoms with E-state index in [-0.39, 0.29) is 17.9 Å². The van der Waals surface area contributed by atoms with Gasteiger partial charge in [-0.3, -0.25) is 4.79 Å². The Morgan fingerprint density at radius 1 is 1.19 bits per heavy atom. The molecule has 0 aliphatic rings. The maximum absolute atomic E-state index is 12.7. The van der Waals surface area contributed by atoms with E-state index in [0.717, 1.165) is 0 Å². The fourth-order valence-corrected chi connectivity index (χ4v) is 3.89. The number of ether oxygens (including phenoxy) is 2. The first-order valence-corrected chi connectivity index (χ1v) is 9.79. The van der Waals surface area contributed by atoms with Crippen LogP contribution in [0.1, 0.15) is 24.9 Å². The number of esters is 1. The van der Waals surface area contributed by atoms with Crippen molar-refractivity contribution in [1.29, 1.82) is 0 Å². The summed E-state index contributed by atoms with van der Waals surface area (Å²) in [6.45, 7) is 1.90. The van der Waals surface area contributed by atoms with Crippen molar-refractivity contribution in [1.82, 2.24) is 4.72 Å². The summed E-state index contributed by atoms with van der Waals surface area (Å²) in [6.07, 6.45) is -0.152. The van der Waals surface area contributed by atoms with Gasteiger partial charge in [0.05, 0.1) is 31.1 Å².